The maximum atomic E-state index is 15.4. The third-order valence-electron chi connectivity index (χ3n) is 5.67. The molecule has 1 fully saturated rings. The summed E-state index contributed by atoms with van der Waals surface area (Å²) < 4.78 is 84.0. The molecule has 1 aliphatic rings. The lowest BCUT2D eigenvalue weighted by Crippen LogP contribution is -2.49. The van der Waals surface area contributed by atoms with Crippen LogP contribution in [0, 0.1) is 17.5 Å². The summed E-state index contributed by atoms with van der Waals surface area (Å²) in [4.78, 5) is 13.9. The molecular weight excluding hydrogens is 460 g/mol. The van der Waals surface area contributed by atoms with Gasteiger partial charge in [0, 0.05) is 16.7 Å². The molecule has 5 nitrogen and oxygen atoms in total. The van der Waals surface area contributed by atoms with Gasteiger partial charge in [-0.3, -0.25) is 4.79 Å². The molecule has 1 saturated heterocycles. The molecule has 178 valence electrons. The first-order valence-corrected chi connectivity index (χ1v) is 12.2. The zero-order valence-corrected chi connectivity index (χ0v) is 18.9. The van der Waals surface area contributed by atoms with Crippen molar-refractivity contribution in [1.82, 2.24) is 9.62 Å². The second kappa shape index (κ2) is 9.64. The molecule has 1 amide bonds. The van der Waals surface area contributed by atoms with E-state index >= 15 is 4.39 Å². The third kappa shape index (κ3) is 5.27. The van der Waals surface area contributed by atoms with Gasteiger partial charge in [0.2, 0.25) is 15.9 Å². The van der Waals surface area contributed by atoms with Crippen molar-refractivity contribution in [3.8, 4) is 11.1 Å². The van der Waals surface area contributed by atoms with Gasteiger partial charge < -0.3 is 4.90 Å². The van der Waals surface area contributed by atoms with Crippen LogP contribution < -0.4 is 4.72 Å². The molecule has 0 bridgehead atoms. The standard InChI is InChI=1S/C23H24F4N2O3S/c1-4-13(2)23(30)29-12-18(25)22(28-33(3,31)32)19(29)11-14-7-5-8-15(20(14)26)16-9-6-10-17(24)21(16)27/h5-10,18-19,22,28H,2,4,11-12H2,1,3H3/t18-,19-,22-/m0/s1. The molecule has 33 heavy (non-hydrogen) atoms. The topological polar surface area (TPSA) is 66.5 Å². The highest BCUT2D eigenvalue weighted by atomic mass is 32.2. The number of hydrogen-bond donors (Lipinski definition) is 1. The zero-order chi connectivity index (χ0) is 24.5. The molecule has 3 atom stereocenters. The first-order chi connectivity index (χ1) is 15.4. The molecule has 0 unspecified atom stereocenters. The maximum absolute atomic E-state index is 15.4. The highest BCUT2D eigenvalue weighted by Crippen LogP contribution is 2.32. The van der Waals surface area contributed by atoms with Crippen LogP contribution in [0.3, 0.4) is 0 Å². The Hall–Kier alpha value is -2.72. The van der Waals surface area contributed by atoms with Gasteiger partial charge in [-0.25, -0.2) is 30.7 Å². The highest BCUT2D eigenvalue weighted by Gasteiger charge is 2.46. The quantitative estimate of drug-likeness (QED) is 0.481. The lowest BCUT2D eigenvalue weighted by atomic mass is 9.95. The summed E-state index contributed by atoms with van der Waals surface area (Å²) in [5.74, 6) is -3.79. The minimum absolute atomic E-state index is 0.00419. The molecule has 2 aromatic carbocycles. The van der Waals surface area contributed by atoms with Gasteiger partial charge in [-0.2, -0.15) is 0 Å². The van der Waals surface area contributed by atoms with Crippen LogP contribution in [0.25, 0.3) is 11.1 Å². The predicted octanol–water partition coefficient (Wildman–Crippen LogP) is 3.75. The second-order valence-corrected chi connectivity index (χ2v) is 9.78. The fourth-order valence-corrected chi connectivity index (χ4v) is 4.78. The van der Waals surface area contributed by atoms with Gasteiger partial charge in [0.1, 0.15) is 12.0 Å². The van der Waals surface area contributed by atoms with Gasteiger partial charge in [0.15, 0.2) is 11.6 Å². The summed E-state index contributed by atoms with van der Waals surface area (Å²) >= 11 is 0. The van der Waals surface area contributed by atoms with E-state index in [-0.39, 0.29) is 28.7 Å². The fourth-order valence-electron chi connectivity index (χ4n) is 3.98. The monoisotopic (exact) mass is 484 g/mol. The molecule has 1 heterocycles. The summed E-state index contributed by atoms with van der Waals surface area (Å²) in [6, 6.07) is 5.07. The van der Waals surface area contributed by atoms with Crippen LogP contribution in [0.2, 0.25) is 0 Å². The molecule has 1 aliphatic heterocycles. The number of amides is 1. The van der Waals surface area contributed by atoms with Gasteiger partial charge in [-0.05, 0) is 24.5 Å². The van der Waals surface area contributed by atoms with E-state index in [4.69, 9.17) is 0 Å². The van der Waals surface area contributed by atoms with Gasteiger partial charge >= 0.3 is 0 Å². The number of nitrogens with one attached hydrogen (secondary N) is 1. The number of halogens is 4. The lowest BCUT2D eigenvalue weighted by Gasteiger charge is -2.29. The molecule has 3 rings (SSSR count). The van der Waals surface area contributed by atoms with Crippen molar-refractivity contribution in [2.75, 3.05) is 12.8 Å². The first-order valence-electron chi connectivity index (χ1n) is 10.3. The summed E-state index contributed by atoms with van der Waals surface area (Å²) in [5, 5.41) is 0. The van der Waals surface area contributed by atoms with Crippen LogP contribution >= 0.6 is 0 Å². The molecule has 0 spiro atoms. The molecule has 0 aromatic heterocycles. The smallest absolute Gasteiger partial charge is 0.249 e. The molecule has 1 N–H and O–H groups in total. The maximum Gasteiger partial charge on any atom is 0.249 e. The molecule has 10 heteroatoms. The van der Waals surface area contributed by atoms with Crippen LogP contribution in [-0.4, -0.2) is 50.3 Å². The first kappa shape index (κ1) is 24.9. The highest BCUT2D eigenvalue weighted by molar-refractivity contribution is 7.88. The van der Waals surface area contributed by atoms with Crippen LogP contribution in [0.1, 0.15) is 18.9 Å². The Morgan fingerprint density at radius 3 is 2.33 bits per heavy atom. The summed E-state index contributed by atoms with van der Waals surface area (Å²) in [7, 11) is -3.85. The number of carbonyl (C=O) groups excluding carboxylic acids is 1. The van der Waals surface area contributed by atoms with Crippen molar-refractivity contribution in [3.05, 3.63) is 71.6 Å². The van der Waals surface area contributed by atoms with E-state index in [1.165, 1.54) is 30.3 Å². The minimum atomic E-state index is -3.85. The van der Waals surface area contributed by atoms with E-state index in [0.717, 1.165) is 17.2 Å². The molecule has 0 saturated carbocycles. The van der Waals surface area contributed by atoms with E-state index in [1.54, 1.807) is 6.92 Å². The molecular formula is C23H24F4N2O3S. The van der Waals surface area contributed by atoms with Crippen LogP contribution in [0.5, 0.6) is 0 Å². The molecule has 0 aliphatic carbocycles. The number of sulfonamides is 1. The molecule has 0 radical (unpaired) electrons. The van der Waals surface area contributed by atoms with Crippen LogP contribution in [0.15, 0.2) is 48.6 Å². The Morgan fingerprint density at radius 1 is 1.12 bits per heavy atom. The number of likely N-dealkylation sites (tertiary alicyclic amines) is 1. The van der Waals surface area contributed by atoms with Crippen LogP contribution in [-0.2, 0) is 21.2 Å². The SMILES string of the molecule is C=C(CC)C(=O)N1C[C@H](F)[C@H](NS(C)(=O)=O)[C@@H]1Cc1cccc(-c2cccc(F)c2F)c1F. The van der Waals surface area contributed by atoms with E-state index in [1.807, 2.05) is 0 Å². The number of alkyl halides is 1. The van der Waals surface area contributed by atoms with E-state index in [0.29, 0.717) is 6.42 Å². The Bertz CT molecular complexity index is 1190. The minimum Gasteiger partial charge on any atom is -0.331 e. The zero-order valence-electron chi connectivity index (χ0n) is 18.1. The Balaban J connectivity index is 2.04. The van der Waals surface area contributed by atoms with Gasteiger partial charge in [-0.15, -0.1) is 0 Å². The largest absolute Gasteiger partial charge is 0.331 e. The Morgan fingerprint density at radius 2 is 1.73 bits per heavy atom. The van der Waals surface area contributed by atoms with Crippen molar-refractivity contribution >= 4 is 15.9 Å². The van der Waals surface area contributed by atoms with Crippen LogP contribution in [0.4, 0.5) is 17.6 Å². The number of hydrogen-bond acceptors (Lipinski definition) is 3. The van der Waals surface area contributed by atoms with E-state index in [2.05, 4.69) is 11.3 Å². The summed E-state index contributed by atoms with van der Waals surface area (Å²) in [6.07, 6.45) is -0.829. The second-order valence-electron chi connectivity index (χ2n) is 8.00. The number of rotatable bonds is 7. The van der Waals surface area contributed by atoms with Crippen molar-refractivity contribution in [2.24, 2.45) is 0 Å². The number of benzene rings is 2. The summed E-state index contributed by atoms with van der Waals surface area (Å²) in [5.41, 5.74) is -0.302. The average molecular weight is 485 g/mol. The lowest BCUT2D eigenvalue weighted by molar-refractivity contribution is -0.128. The van der Waals surface area contributed by atoms with E-state index in [9.17, 15) is 26.4 Å². The number of nitrogens with zero attached hydrogens (tertiary/aromatic N) is 1. The predicted molar refractivity (Wildman–Crippen MR) is 117 cm³/mol. The van der Waals surface area contributed by atoms with Gasteiger partial charge in [0.25, 0.3) is 0 Å². The van der Waals surface area contributed by atoms with E-state index < -0.39 is 58.2 Å². The fraction of sp³-hybridized carbons (Fsp3) is 0.348. The van der Waals surface area contributed by atoms with Crippen molar-refractivity contribution < 1.29 is 30.8 Å². The normalized spacial score (nSPS) is 20.8. The van der Waals surface area contributed by atoms with Gasteiger partial charge in [-0.1, -0.05) is 43.8 Å². The Labute approximate surface area is 190 Å². The molecule has 2 aromatic rings. The van der Waals surface area contributed by atoms with Crippen molar-refractivity contribution in [3.63, 3.8) is 0 Å². The van der Waals surface area contributed by atoms with Crippen molar-refractivity contribution in [2.45, 2.75) is 38.0 Å². The van der Waals surface area contributed by atoms with Crippen molar-refractivity contribution in [1.29, 1.82) is 0 Å². The third-order valence-corrected chi connectivity index (χ3v) is 6.37. The summed E-state index contributed by atoms with van der Waals surface area (Å²) in [6.45, 7) is 4.97. The average Bonchev–Trinajstić information content (AvgIpc) is 3.04. The Kier molecular flexibility index (Phi) is 7.28. The van der Waals surface area contributed by atoms with Gasteiger partial charge in [0.05, 0.1) is 24.9 Å². The number of carbonyl (C=O) groups is 1.